The fourth-order valence-corrected chi connectivity index (χ4v) is 5.23. The van der Waals surface area contributed by atoms with Crippen LogP contribution in [0.3, 0.4) is 0 Å². The van der Waals surface area contributed by atoms with E-state index >= 15 is 0 Å². The fraction of sp³-hybridized carbons (Fsp3) is 0.440. The van der Waals surface area contributed by atoms with Crippen LogP contribution in [0.1, 0.15) is 47.2 Å². The summed E-state index contributed by atoms with van der Waals surface area (Å²) in [5.74, 6) is 0.0715. The van der Waals surface area contributed by atoms with Crippen LogP contribution < -0.4 is 5.32 Å². The molecule has 32 heavy (non-hydrogen) atoms. The number of nitrogens with zero attached hydrogens (tertiary/aromatic N) is 3. The Morgan fingerprint density at radius 2 is 1.97 bits per heavy atom. The number of aryl methyl sites for hydroxylation is 1. The maximum Gasteiger partial charge on any atom is 0.256 e. The molecule has 2 fully saturated rings. The lowest BCUT2D eigenvalue weighted by Crippen LogP contribution is -2.45. The molecule has 168 valence electrons. The number of piperidine rings is 1. The van der Waals surface area contributed by atoms with Gasteiger partial charge in [-0.1, -0.05) is 17.7 Å². The number of nitrogens with one attached hydrogen (secondary N) is 1. The van der Waals surface area contributed by atoms with Crippen LogP contribution in [-0.2, 0) is 24.0 Å². The van der Waals surface area contributed by atoms with Crippen LogP contribution in [0.5, 0.6) is 0 Å². The Hall–Kier alpha value is -2.41. The first-order valence-corrected chi connectivity index (χ1v) is 11.8. The van der Waals surface area contributed by atoms with E-state index in [0.29, 0.717) is 24.7 Å². The van der Waals surface area contributed by atoms with Crippen molar-refractivity contribution in [1.82, 2.24) is 19.8 Å². The van der Waals surface area contributed by atoms with E-state index in [9.17, 15) is 4.79 Å². The van der Waals surface area contributed by atoms with Gasteiger partial charge in [0.05, 0.1) is 23.3 Å². The molecule has 1 spiro atoms. The highest BCUT2D eigenvalue weighted by atomic mass is 35.5. The van der Waals surface area contributed by atoms with E-state index in [1.54, 1.807) is 0 Å². The van der Waals surface area contributed by atoms with Gasteiger partial charge < -0.3 is 19.5 Å². The van der Waals surface area contributed by atoms with Gasteiger partial charge in [-0.25, -0.2) is 0 Å². The molecule has 1 aromatic carbocycles. The maximum absolute atomic E-state index is 13.2. The van der Waals surface area contributed by atoms with Crippen molar-refractivity contribution in [2.45, 2.75) is 37.9 Å². The third-order valence-electron chi connectivity index (χ3n) is 6.90. The molecular weight excluding hydrogens is 424 g/mol. The van der Waals surface area contributed by atoms with Gasteiger partial charge in [0.15, 0.2) is 0 Å². The molecule has 1 N–H and O–H groups in total. The number of amides is 1. The first-order valence-electron chi connectivity index (χ1n) is 11.4. The number of carbonyl (C=O) groups is 1. The summed E-state index contributed by atoms with van der Waals surface area (Å²) in [7, 11) is 1.94. The number of benzene rings is 1. The molecular formula is C25H29ClN4O2. The highest BCUT2D eigenvalue weighted by Gasteiger charge is 2.43. The van der Waals surface area contributed by atoms with Crippen molar-refractivity contribution in [3.8, 4) is 0 Å². The smallest absolute Gasteiger partial charge is 0.256 e. The molecule has 3 aromatic rings. The van der Waals surface area contributed by atoms with Gasteiger partial charge in [-0.15, -0.1) is 0 Å². The quantitative estimate of drug-likeness (QED) is 0.599. The van der Waals surface area contributed by atoms with E-state index in [1.165, 1.54) is 37.1 Å². The Morgan fingerprint density at radius 3 is 2.69 bits per heavy atom. The minimum atomic E-state index is -0.285. The third-order valence-corrected chi connectivity index (χ3v) is 7.14. The highest BCUT2D eigenvalue weighted by molar-refractivity contribution is 6.31. The van der Waals surface area contributed by atoms with Crippen molar-refractivity contribution in [3.05, 3.63) is 64.6 Å². The Bertz CT molecular complexity index is 1120. The van der Waals surface area contributed by atoms with E-state index in [2.05, 4.69) is 10.3 Å². The number of aromatic nitrogens is 2. The van der Waals surface area contributed by atoms with Gasteiger partial charge >= 0.3 is 0 Å². The zero-order chi connectivity index (χ0) is 22.1. The number of carbonyl (C=O) groups excluding carboxylic acids is 1. The minimum absolute atomic E-state index is 0.0715. The molecule has 0 atom stereocenters. The van der Waals surface area contributed by atoms with Crippen LogP contribution in [0.2, 0.25) is 5.02 Å². The molecule has 0 aliphatic carbocycles. The topological polar surface area (TPSA) is 59.4 Å². The van der Waals surface area contributed by atoms with Crippen LogP contribution >= 0.6 is 11.6 Å². The summed E-state index contributed by atoms with van der Waals surface area (Å²) >= 11 is 6.11. The summed E-state index contributed by atoms with van der Waals surface area (Å²) in [6.07, 6.45) is 10.0. The van der Waals surface area contributed by atoms with E-state index in [0.717, 1.165) is 29.3 Å². The number of ether oxygens (including phenoxy) is 1. The van der Waals surface area contributed by atoms with Crippen LogP contribution in [0.25, 0.3) is 10.9 Å². The molecule has 1 amide bonds. The van der Waals surface area contributed by atoms with Gasteiger partial charge in [0.25, 0.3) is 5.91 Å². The molecule has 3 aliphatic heterocycles. The molecule has 0 bridgehead atoms. The first-order chi connectivity index (χ1) is 15.6. The SMILES string of the molecule is C1CCNC1.Cn1cc(C(=O)N2CCC3(CC2)OCc2ccncc23)c2ccc(Cl)cc21. The molecule has 2 aromatic heterocycles. The van der Waals surface area contributed by atoms with Crippen molar-refractivity contribution in [3.63, 3.8) is 0 Å². The van der Waals surface area contributed by atoms with Gasteiger partial charge in [-0.05, 0) is 62.5 Å². The number of hydrogen-bond donors (Lipinski definition) is 1. The Labute approximate surface area is 193 Å². The van der Waals surface area contributed by atoms with Crippen LogP contribution in [0, 0.1) is 0 Å². The Balaban J connectivity index is 0.000000383. The maximum atomic E-state index is 13.2. The second-order valence-corrected chi connectivity index (χ2v) is 9.32. The largest absolute Gasteiger partial charge is 0.365 e. The van der Waals surface area contributed by atoms with Gasteiger partial charge in [-0.2, -0.15) is 0 Å². The summed E-state index contributed by atoms with van der Waals surface area (Å²) in [5.41, 5.74) is 3.83. The first kappa shape index (κ1) is 21.4. The normalized spacial score (nSPS) is 19.1. The molecule has 0 radical (unpaired) electrons. The second kappa shape index (κ2) is 8.85. The second-order valence-electron chi connectivity index (χ2n) is 8.88. The predicted molar refractivity (Wildman–Crippen MR) is 126 cm³/mol. The minimum Gasteiger partial charge on any atom is -0.365 e. The zero-order valence-corrected chi connectivity index (χ0v) is 19.2. The summed E-state index contributed by atoms with van der Waals surface area (Å²) < 4.78 is 8.14. The number of pyridine rings is 1. The van der Waals surface area contributed by atoms with Crippen molar-refractivity contribution < 1.29 is 9.53 Å². The van der Waals surface area contributed by atoms with E-state index in [4.69, 9.17) is 16.3 Å². The van der Waals surface area contributed by atoms with Crippen molar-refractivity contribution in [2.75, 3.05) is 26.2 Å². The molecule has 6 rings (SSSR count). The lowest BCUT2D eigenvalue weighted by molar-refractivity contribution is -0.0742. The highest BCUT2D eigenvalue weighted by Crippen LogP contribution is 2.44. The van der Waals surface area contributed by atoms with Crippen molar-refractivity contribution in [1.29, 1.82) is 0 Å². The Morgan fingerprint density at radius 1 is 1.19 bits per heavy atom. The van der Waals surface area contributed by atoms with Crippen molar-refractivity contribution >= 4 is 28.4 Å². The van der Waals surface area contributed by atoms with Crippen LogP contribution in [0.15, 0.2) is 42.9 Å². The average Bonchev–Trinajstić information content (AvgIpc) is 3.57. The summed E-state index contributed by atoms with van der Waals surface area (Å²) in [4.78, 5) is 19.4. The van der Waals surface area contributed by atoms with E-state index in [-0.39, 0.29) is 11.5 Å². The Kier molecular flexibility index (Phi) is 5.93. The van der Waals surface area contributed by atoms with Gasteiger partial charge in [0.2, 0.25) is 0 Å². The molecule has 3 aliphatic rings. The summed E-state index contributed by atoms with van der Waals surface area (Å²) in [6, 6.07) is 7.69. The number of likely N-dealkylation sites (tertiary alicyclic amines) is 1. The van der Waals surface area contributed by atoms with Gasteiger partial charge in [0, 0.05) is 54.7 Å². The van der Waals surface area contributed by atoms with E-state index < -0.39 is 0 Å². The number of fused-ring (bicyclic) bond motifs is 3. The monoisotopic (exact) mass is 452 g/mol. The molecule has 2 saturated heterocycles. The molecule has 5 heterocycles. The summed E-state index contributed by atoms with van der Waals surface area (Å²) in [6.45, 7) is 4.49. The predicted octanol–water partition coefficient (Wildman–Crippen LogP) is 4.26. The summed E-state index contributed by atoms with van der Waals surface area (Å²) in [5, 5.41) is 4.84. The molecule has 0 saturated carbocycles. The van der Waals surface area contributed by atoms with Gasteiger partial charge in [0.1, 0.15) is 0 Å². The zero-order valence-electron chi connectivity index (χ0n) is 18.4. The van der Waals surface area contributed by atoms with Crippen LogP contribution in [0.4, 0.5) is 0 Å². The number of rotatable bonds is 1. The molecule has 7 heteroatoms. The standard InChI is InChI=1S/C21H20ClN3O2.C4H9N/c1-24-12-17(16-3-2-15(22)10-19(16)24)20(26)25-8-5-21(6-9-25)18-11-23-7-4-14(18)13-27-21;1-2-4-5-3-1/h2-4,7,10-12H,5-6,8-9,13H2,1H3;5H,1-4H2. The number of hydrogen-bond acceptors (Lipinski definition) is 4. The van der Waals surface area contributed by atoms with E-state index in [1.807, 2.05) is 59.4 Å². The molecule has 6 nitrogen and oxygen atoms in total. The lowest BCUT2D eigenvalue weighted by Gasteiger charge is -2.39. The fourth-order valence-electron chi connectivity index (χ4n) is 5.06. The molecule has 0 unspecified atom stereocenters. The third kappa shape index (κ3) is 3.91. The van der Waals surface area contributed by atoms with Crippen molar-refractivity contribution in [2.24, 2.45) is 7.05 Å². The lowest BCUT2D eigenvalue weighted by atomic mass is 9.84. The van der Waals surface area contributed by atoms with Gasteiger partial charge in [-0.3, -0.25) is 9.78 Å². The average molecular weight is 453 g/mol. The van der Waals surface area contributed by atoms with Crippen LogP contribution in [-0.4, -0.2) is 46.5 Å². The number of halogens is 1.